The summed E-state index contributed by atoms with van der Waals surface area (Å²) in [6, 6.07) is 6.30. The van der Waals surface area contributed by atoms with Crippen LogP contribution in [-0.4, -0.2) is 49.9 Å². The predicted octanol–water partition coefficient (Wildman–Crippen LogP) is 3.04. The molecule has 2 atom stereocenters. The van der Waals surface area contributed by atoms with Gasteiger partial charge in [-0.1, -0.05) is 12.5 Å². The van der Waals surface area contributed by atoms with Crippen LogP contribution in [0.1, 0.15) is 37.4 Å². The van der Waals surface area contributed by atoms with E-state index in [4.69, 9.17) is 9.47 Å². The van der Waals surface area contributed by atoms with Crippen LogP contribution < -0.4 is 10.1 Å². The minimum atomic E-state index is 0.0940. The topological polar surface area (TPSA) is 86.5 Å². The van der Waals surface area contributed by atoms with Gasteiger partial charge >= 0.3 is 0 Å². The van der Waals surface area contributed by atoms with E-state index in [1.165, 1.54) is 0 Å². The van der Waals surface area contributed by atoms with E-state index >= 15 is 0 Å². The molecule has 0 aromatic carbocycles. The molecule has 0 radical (unpaired) electrons. The van der Waals surface area contributed by atoms with Crippen molar-refractivity contribution in [3.05, 3.63) is 40.0 Å². The first-order valence-electron chi connectivity index (χ1n) is 9.59. The molecule has 9 heteroatoms. The Balaban J connectivity index is 1.30. The summed E-state index contributed by atoms with van der Waals surface area (Å²) >= 11 is 2.20. The molecule has 0 unspecified atom stereocenters. The van der Waals surface area contributed by atoms with Crippen molar-refractivity contribution in [2.24, 2.45) is 0 Å². The number of aromatic nitrogens is 5. The van der Waals surface area contributed by atoms with Crippen molar-refractivity contribution in [2.45, 2.75) is 43.7 Å². The summed E-state index contributed by atoms with van der Waals surface area (Å²) in [7, 11) is 0. The molecule has 3 aromatic rings. The van der Waals surface area contributed by atoms with Crippen LogP contribution in [0.25, 0.3) is 5.65 Å². The zero-order chi connectivity index (χ0) is 18.9. The Kier molecular flexibility index (Phi) is 5.02. The average molecular weight is 492 g/mol. The van der Waals surface area contributed by atoms with Gasteiger partial charge in [0.1, 0.15) is 11.9 Å². The quantitative estimate of drug-likeness (QED) is 0.548. The summed E-state index contributed by atoms with van der Waals surface area (Å²) in [5.74, 6) is 2.66. The van der Waals surface area contributed by atoms with Gasteiger partial charge in [-0.25, -0.2) is 4.98 Å². The van der Waals surface area contributed by atoms with Crippen LogP contribution in [0, 0.1) is 3.57 Å². The average Bonchev–Trinajstić information content (AvgIpc) is 3.11. The Morgan fingerprint density at radius 2 is 2.14 bits per heavy atom. The van der Waals surface area contributed by atoms with Crippen molar-refractivity contribution >= 4 is 34.2 Å². The Morgan fingerprint density at radius 3 is 3.00 bits per heavy atom. The Bertz CT molecular complexity index is 976. The smallest absolute Gasteiger partial charge is 0.232 e. The van der Waals surface area contributed by atoms with Crippen LogP contribution in [0.2, 0.25) is 0 Å². The monoisotopic (exact) mass is 492 g/mol. The molecule has 4 heterocycles. The summed E-state index contributed by atoms with van der Waals surface area (Å²) in [5, 5.41) is 12.3. The minimum Gasteiger partial charge on any atom is -0.469 e. The van der Waals surface area contributed by atoms with Crippen molar-refractivity contribution < 1.29 is 9.47 Å². The molecule has 146 valence electrons. The standard InChI is InChI=1S/C19H21IN6O2/c20-15-9-21-19(23-18(15)28-14-10-27-11-14)22-13-5-3-4-12(8-13)17-25-24-16-6-1-2-7-26(16)17/h1-2,6-7,9,12-14H,3-5,8,10-11H2,(H,21,22,23)/t12-,13+/m0/s1. The summed E-state index contributed by atoms with van der Waals surface area (Å²) < 4.78 is 14.1. The SMILES string of the molecule is Ic1cnc(N[C@@H]2CCC[C@H](c3nnc4ccccn34)C2)nc1OC1COC1. The van der Waals surface area contributed by atoms with E-state index in [2.05, 4.69) is 52.5 Å². The highest BCUT2D eigenvalue weighted by Crippen LogP contribution is 2.33. The highest BCUT2D eigenvalue weighted by atomic mass is 127. The fraction of sp³-hybridized carbons (Fsp3) is 0.474. The van der Waals surface area contributed by atoms with Crippen LogP contribution in [0.5, 0.6) is 5.88 Å². The molecule has 1 aliphatic heterocycles. The van der Waals surface area contributed by atoms with Gasteiger partial charge in [-0.15, -0.1) is 10.2 Å². The van der Waals surface area contributed by atoms with Gasteiger partial charge < -0.3 is 14.8 Å². The zero-order valence-electron chi connectivity index (χ0n) is 15.3. The third kappa shape index (κ3) is 3.64. The lowest BCUT2D eigenvalue weighted by molar-refractivity contribution is -0.0816. The normalized spacial score (nSPS) is 22.8. The molecule has 0 spiro atoms. The maximum atomic E-state index is 5.89. The van der Waals surface area contributed by atoms with Crippen LogP contribution in [-0.2, 0) is 4.74 Å². The van der Waals surface area contributed by atoms with Crippen molar-refractivity contribution in [3.63, 3.8) is 0 Å². The Morgan fingerprint density at radius 1 is 1.21 bits per heavy atom. The molecule has 5 rings (SSSR count). The van der Waals surface area contributed by atoms with Gasteiger partial charge in [0.05, 0.1) is 16.8 Å². The van der Waals surface area contributed by atoms with Gasteiger partial charge in [0.15, 0.2) is 5.65 Å². The van der Waals surface area contributed by atoms with Gasteiger partial charge in [-0.2, -0.15) is 4.98 Å². The van der Waals surface area contributed by atoms with E-state index in [0.717, 1.165) is 40.7 Å². The van der Waals surface area contributed by atoms with Crippen molar-refractivity contribution in [1.82, 2.24) is 24.6 Å². The molecule has 8 nitrogen and oxygen atoms in total. The molecule has 1 saturated carbocycles. The van der Waals surface area contributed by atoms with Gasteiger partial charge in [0.25, 0.3) is 0 Å². The van der Waals surface area contributed by atoms with E-state index in [-0.39, 0.29) is 6.10 Å². The third-order valence-electron chi connectivity index (χ3n) is 5.31. The van der Waals surface area contributed by atoms with Crippen LogP contribution >= 0.6 is 22.6 Å². The molecule has 1 N–H and O–H groups in total. The molecule has 3 aromatic heterocycles. The number of ether oxygens (including phenoxy) is 2. The second kappa shape index (κ2) is 7.78. The van der Waals surface area contributed by atoms with E-state index in [1.807, 2.05) is 24.4 Å². The van der Waals surface area contributed by atoms with Gasteiger partial charge in [0, 0.05) is 24.4 Å². The summed E-state index contributed by atoms with van der Waals surface area (Å²) in [4.78, 5) is 9.03. The number of hydrogen-bond donors (Lipinski definition) is 1. The minimum absolute atomic E-state index is 0.0940. The van der Waals surface area contributed by atoms with Gasteiger partial charge in [-0.3, -0.25) is 4.40 Å². The molecule has 1 saturated heterocycles. The lowest BCUT2D eigenvalue weighted by Gasteiger charge is -2.29. The highest BCUT2D eigenvalue weighted by Gasteiger charge is 2.28. The number of fused-ring (bicyclic) bond motifs is 1. The maximum Gasteiger partial charge on any atom is 0.232 e. The van der Waals surface area contributed by atoms with Crippen LogP contribution in [0.4, 0.5) is 5.95 Å². The van der Waals surface area contributed by atoms with E-state index in [9.17, 15) is 0 Å². The summed E-state index contributed by atoms with van der Waals surface area (Å²) in [6.45, 7) is 1.25. The van der Waals surface area contributed by atoms with Crippen molar-refractivity contribution in [3.8, 4) is 5.88 Å². The molecule has 28 heavy (non-hydrogen) atoms. The Labute approximate surface area is 176 Å². The first-order valence-corrected chi connectivity index (χ1v) is 10.7. The third-order valence-corrected chi connectivity index (χ3v) is 6.05. The Hall–Kier alpha value is -2.01. The van der Waals surface area contributed by atoms with Crippen LogP contribution in [0.15, 0.2) is 30.6 Å². The van der Waals surface area contributed by atoms with E-state index < -0.39 is 0 Å². The van der Waals surface area contributed by atoms with E-state index in [1.54, 1.807) is 6.20 Å². The summed E-state index contributed by atoms with van der Waals surface area (Å²) in [5.41, 5.74) is 0.898. The summed E-state index contributed by atoms with van der Waals surface area (Å²) in [6.07, 6.45) is 8.27. The molecule has 0 amide bonds. The molecule has 0 bridgehead atoms. The molecular formula is C19H21IN6O2. The lowest BCUT2D eigenvalue weighted by Crippen LogP contribution is -2.39. The highest BCUT2D eigenvalue weighted by molar-refractivity contribution is 14.1. The molecule has 2 fully saturated rings. The fourth-order valence-electron chi connectivity index (χ4n) is 3.82. The van der Waals surface area contributed by atoms with Gasteiger partial charge in [-0.05, 0) is 54.0 Å². The fourth-order valence-corrected chi connectivity index (χ4v) is 4.21. The second-order valence-electron chi connectivity index (χ2n) is 7.32. The van der Waals surface area contributed by atoms with Gasteiger partial charge in [0.2, 0.25) is 11.8 Å². The molecule has 1 aliphatic carbocycles. The zero-order valence-corrected chi connectivity index (χ0v) is 17.4. The van der Waals surface area contributed by atoms with Crippen molar-refractivity contribution in [1.29, 1.82) is 0 Å². The molecule has 2 aliphatic rings. The number of nitrogens with zero attached hydrogens (tertiary/aromatic N) is 5. The lowest BCUT2D eigenvalue weighted by atomic mass is 9.85. The first-order chi connectivity index (χ1) is 13.8. The number of hydrogen-bond acceptors (Lipinski definition) is 7. The number of halogens is 1. The second-order valence-corrected chi connectivity index (χ2v) is 8.48. The number of anilines is 1. The largest absolute Gasteiger partial charge is 0.469 e. The van der Waals surface area contributed by atoms with Crippen LogP contribution in [0.3, 0.4) is 0 Å². The number of nitrogens with one attached hydrogen (secondary N) is 1. The van der Waals surface area contributed by atoms with E-state index in [0.29, 0.717) is 37.0 Å². The maximum absolute atomic E-state index is 5.89. The number of pyridine rings is 1. The van der Waals surface area contributed by atoms with Crippen molar-refractivity contribution in [2.75, 3.05) is 18.5 Å². The number of rotatable bonds is 5. The predicted molar refractivity (Wildman–Crippen MR) is 112 cm³/mol. The first kappa shape index (κ1) is 18.0. The molecular weight excluding hydrogens is 471 g/mol.